The van der Waals surface area contributed by atoms with Gasteiger partial charge >= 0.3 is 0 Å². The maximum absolute atomic E-state index is 11.7. The Morgan fingerprint density at radius 2 is 1.67 bits per heavy atom. The van der Waals surface area contributed by atoms with Crippen molar-refractivity contribution < 1.29 is 8.42 Å². The van der Waals surface area contributed by atoms with Crippen LogP contribution in [-0.2, 0) is 9.84 Å². The van der Waals surface area contributed by atoms with Gasteiger partial charge in [0.05, 0.1) is 5.75 Å². The molecule has 1 saturated heterocycles. The SMILES string of the molecule is CCCS(=O)(=O)CCN1CCN(c2ccc(N)cc2)CC1. The summed E-state index contributed by atoms with van der Waals surface area (Å²) in [5, 5.41) is 0. The van der Waals surface area contributed by atoms with E-state index in [2.05, 4.69) is 9.80 Å². The lowest BCUT2D eigenvalue weighted by atomic mass is 10.2. The lowest BCUT2D eigenvalue weighted by molar-refractivity contribution is 0.272. The zero-order valence-corrected chi connectivity index (χ0v) is 13.5. The van der Waals surface area contributed by atoms with Crippen molar-refractivity contribution in [1.82, 2.24) is 4.90 Å². The van der Waals surface area contributed by atoms with Crippen LogP contribution in [0.3, 0.4) is 0 Å². The summed E-state index contributed by atoms with van der Waals surface area (Å²) in [5.41, 5.74) is 7.66. The standard InChI is InChI=1S/C15H25N3O2S/c1-2-12-21(19,20)13-11-17-7-9-18(10-8-17)15-5-3-14(16)4-6-15/h3-6H,2,7-13,16H2,1H3. The molecule has 118 valence electrons. The summed E-state index contributed by atoms with van der Waals surface area (Å²) in [6.45, 7) is 6.23. The number of nitrogens with zero attached hydrogens (tertiary/aromatic N) is 2. The third kappa shape index (κ3) is 4.89. The first-order chi connectivity index (χ1) is 10.00. The van der Waals surface area contributed by atoms with Gasteiger partial charge in [-0.05, 0) is 30.7 Å². The smallest absolute Gasteiger partial charge is 0.151 e. The summed E-state index contributed by atoms with van der Waals surface area (Å²) in [5.74, 6) is 0.584. The van der Waals surface area contributed by atoms with Crippen molar-refractivity contribution in [2.45, 2.75) is 13.3 Å². The van der Waals surface area contributed by atoms with Gasteiger partial charge in [-0.1, -0.05) is 6.92 Å². The van der Waals surface area contributed by atoms with Crippen molar-refractivity contribution in [2.24, 2.45) is 0 Å². The van der Waals surface area contributed by atoms with Gasteiger partial charge in [0.15, 0.2) is 9.84 Å². The number of piperazine rings is 1. The molecule has 0 amide bonds. The molecule has 1 aliphatic rings. The maximum atomic E-state index is 11.7. The quantitative estimate of drug-likeness (QED) is 0.800. The Bertz CT molecular complexity index is 535. The van der Waals surface area contributed by atoms with Gasteiger partial charge in [0.1, 0.15) is 0 Å². The highest BCUT2D eigenvalue weighted by molar-refractivity contribution is 7.91. The van der Waals surface area contributed by atoms with Crippen LogP contribution in [0.25, 0.3) is 0 Å². The summed E-state index contributed by atoms with van der Waals surface area (Å²) in [6.07, 6.45) is 0.702. The molecule has 21 heavy (non-hydrogen) atoms. The topological polar surface area (TPSA) is 66.6 Å². The van der Waals surface area contributed by atoms with Crippen molar-refractivity contribution in [2.75, 3.05) is 54.9 Å². The van der Waals surface area contributed by atoms with Crippen LogP contribution in [0.5, 0.6) is 0 Å². The molecular weight excluding hydrogens is 286 g/mol. The van der Waals surface area contributed by atoms with E-state index >= 15 is 0 Å². The van der Waals surface area contributed by atoms with Gasteiger partial charge < -0.3 is 10.6 Å². The first-order valence-corrected chi connectivity index (χ1v) is 9.35. The zero-order chi connectivity index (χ0) is 15.3. The minimum Gasteiger partial charge on any atom is -0.399 e. The Labute approximate surface area is 127 Å². The van der Waals surface area contributed by atoms with Crippen molar-refractivity contribution >= 4 is 21.2 Å². The number of hydrogen-bond donors (Lipinski definition) is 1. The van der Waals surface area contributed by atoms with E-state index in [1.54, 1.807) is 0 Å². The van der Waals surface area contributed by atoms with Gasteiger partial charge in [0.2, 0.25) is 0 Å². The van der Waals surface area contributed by atoms with Crippen molar-refractivity contribution in [3.8, 4) is 0 Å². The summed E-state index contributed by atoms with van der Waals surface area (Å²) in [7, 11) is -2.87. The van der Waals surface area contributed by atoms with E-state index in [9.17, 15) is 8.42 Å². The molecule has 1 heterocycles. The van der Waals surface area contributed by atoms with Gasteiger partial charge in [-0.25, -0.2) is 8.42 Å². The number of nitrogen functional groups attached to an aromatic ring is 1. The molecule has 5 nitrogen and oxygen atoms in total. The fourth-order valence-electron chi connectivity index (χ4n) is 2.60. The van der Waals surface area contributed by atoms with E-state index in [4.69, 9.17) is 5.73 Å². The van der Waals surface area contributed by atoms with Crippen molar-refractivity contribution in [3.05, 3.63) is 24.3 Å². The van der Waals surface area contributed by atoms with Crippen LogP contribution in [0.4, 0.5) is 11.4 Å². The Kier molecular flexibility index (Phi) is 5.47. The number of anilines is 2. The number of benzene rings is 1. The van der Waals surface area contributed by atoms with Gasteiger partial charge in [0, 0.05) is 49.9 Å². The molecule has 1 aliphatic heterocycles. The Morgan fingerprint density at radius 1 is 1.05 bits per heavy atom. The van der Waals surface area contributed by atoms with E-state index in [1.165, 1.54) is 5.69 Å². The van der Waals surface area contributed by atoms with Gasteiger partial charge in [-0.2, -0.15) is 0 Å². The van der Waals surface area contributed by atoms with Crippen LogP contribution in [0, 0.1) is 0 Å². The summed E-state index contributed by atoms with van der Waals surface area (Å²) < 4.78 is 23.5. The average molecular weight is 311 g/mol. The second-order valence-electron chi connectivity index (χ2n) is 5.57. The molecule has 0 saturated carbocycles. The predicted octanol–water partition coefficient (Wildman–Crippen LogP) is 1.22. The molecule has 0 atom stereocenters. The fraction of sp³-hybridized carbons (Fsp3) is 0.600. The summed E-state index contributed by atoms with van der Waals surface area (Å²) in [4.78, 5) is 4.55. The molecule has 2 rings (SSSR count). The van der Waals surface area contributed by atoms with E-state index in [0.717, 1.165) is 31.9 Å². The zero-order valence-electron chi connectivity index (χ0n) is 12.7. The molecule has 6 heteroatoms. The van der Waals surface area contributed by atoms with Crippen LogP contribution >= 0.6 is 0 Å². The molecule has 1 aromatic rings. The summed E-state index contributed by atoms with van der Waals surface area (Å²) >= 11 is 0. The largest absolute Gasteiger partial charge is 0.399 e. The first kappa shape index (κ1) is 16.1. The molecule has 1 fully saturated rings. The van der Waals surface area contributed by atoms with E-state index < -0.39 is 9.84 Å². The number of rotatable bonds is 6. The van der Waals surface area contributed by atoms with Gasteiger partial charge in [0.25, 0.3) is 0 Å². The molecular formula is C15H25N3O2S. The molecule has 0 radical (unpaired) electrons. The number of hydrogen-bond acceptors (Lipinski definition) is 5. The van der Waals surface area contributed by atoms with E-state index in [1.807, 2.05) is 31.2 Å². The average Bonchev–Trinajstić information content (AvgIpc) is 2.47. The highest BCUT2D eigenvalue weighted by atomic mass is 32.2. The second kappa shape index (κ2) is 7.13. The Hall–Kier alpha value is -1.27. The molecule has 1 aromatic carbocycles. The van der Waals surface area contributed by atoms with Crippen molar-refractivity contribution in [3.63, 3.8) is 0 Å². The highest BCUT2D eigenvalue weighted by Gasteiger charge is 2.19. The normalized spacial score (nSPS) is 17.1. The van der Waals surface area contributed by atoms with Gasteiger partial charge in [-0.15, -0.1) is 0 Å². The molecule has 0 bridgehead atoms. The predicted molar refractivity (Wildman–Crippen MR) is 88.5 cm³/mol. The third-order valence-electron chi connectivity index (χ3n) is 3.86. The maximum Gasteiger partial charge on any atom is 0.151 e. The second-order valence-corrected chi connectivity index (χ2v) is 7.88. The number of sulfone groups is 1. The first-order valence-electron chi connectivity index (χ1n) is 7.53. The molecule has 0 aliphatic carbocycles. The fourth-order valence-corrected chi connectivity index (χ4v) is 3.96. The molecule has 0 aromatic heterocycles. The van der Waals surface area contributed by atoms with Gasteiger partial charge in [-0.3, -0.25) is 4.90 Å². The van der Waals surface area contributed by atoms with Crippen LogP contribution < -0.4 is 10.6 Å². The minimum atomic E-state index is -2.87. The molecule has 2 N–H and O–H groups in total. The third-order valence-corrected chi connectivity index (χ3v) is 5.70. The Balaban J connectivity index is 1.79. The van der Waals surface area contributed by atoms with Crippen LogP contribution in [-0.4, -0.2) is 57.5 Å². The van der Waals surface area contributed by atoms with Crippen LogP contribution in [0.1, 0.15) is 13.3 Å². The monoisotopic (exact) mass is 311 g/mol. The summed E-state index contributed by atoms with van der Waals surface area (Å²) in [6, 6.07) is 7.91. The van der Waals surface area contributed by atoms with E-state index in [-0.39, 0.29) is 5.75 Å². The number of nitrogens with two attached hydrogens (primary N) is 1. The van der Waals surface area contributed by atoms with Crippen LogP contribution in [0.2, 0.25) is 0 Å². The minimum absolute atomic E-state index is 0.280. The highest BCUT2D eigenvalue weighted by Crippen LogP contribution is 2.18. The molecule has 0 unspecified atom stereocenters. The Morgan fingerprint density at radius 3 is 2.24 bits per heavy atom. The van der Waals surface area contributed by atoms with Crippen LogP contribution in [0.15, 0.2) is 24.3 Å². The lowest BCUT2D eigenvalue weighted by Crippen LogP contribution is -2.47. The molecule has 0 spiro atoms. The lowest BCUT2D eigenvalue weighted by Gasteiger charge is -2.36. The van der Waals surface area contributed by atoms with Crippen molar-refractivity contribution in [1.29, 1.82) is 0 Å². The van der Waals surface area contributed by atoms with E-state index in [0.29, 0.717) is 18.7 Å².